The van der Waals surface area contributed by atoms with Crippen LogP contribution in [0.2, 0.25) is 0 Å². The fourth-order valence-electron chi connectivity index (χ4n) is 13.1. The zero-order valence-electron chi connectivity index (χ0n) is 41.5. The van der Waals surface area contributed by atoms with E-state index in [-0.39, 0.29) is 7.25 Å². The molecule has 0 radical (unpaired) electrons. The van der Waals surface area contributed by atoms with E-state index in [0.717, 1.165) is 25.7 Å². The first kappa shape index (κ1) is 47.3. The van der Waals surface area contributed by atoms with Crippen molar-refractivity contribution in [3.05, 3.63) is 220 Å². The molecule has 2 unspecified atom stereocenters. The van der Waals surface area contributed by atoms with Gasteiger partial charge in [0.1, 0.15) is 0 Å². The van der Waals surface area contributed by atoms with Crippen molar-refractivity contribution < 1.29 is 16.4 Å². The average molecular weight is 1050 g/mol. The molecule has 3 aliphatic rings. The number of hydrogen-bond acceptors (Lipinski definition) is 0. The van der Waals surface area contributed by atoms with Gasteiger partial charge in [-0.05, 0) is 0 Å². The molecule has 1 aliphatic heterocycles. The van der Waals surface area contributed by atoms with Crippen LogP contribution in [-0.4, -0.2) is 9.52 Å². The van der Waals surface area contributed by atoms with E-state index in [0.29, 0.717) is 11.8 Å². The van der Waals surface area contributed by atoms with Crippen molar-refractivity contribution in [2.24, 2.45) is 0 Å². The summed E-state index contributed by atoms with van der Waals surface area (Å²) in [5, 5.41) is 2.95. The first-order valence-corrected chi connectivity index (χ1v) is 37.7. The normalized spacial score (nSPS) is 16.7. The maximum atomic E-state index is 9.67. The second-order valence-electron chi connectivity index (χ2n) is 20.8. The Morgan fingerprint density at radius 3 is 1.34 bits per heavy atom. The quantitative estimate of drug-likeness (QED) is 0.101. The second kappa shape index (κ2) is 18.8. The van der Waals surface area contributed by atoms with Gasteiger partial charge < -0.3 is 0 Å². The molecule has 349 valence electrons. The molecule has 0 fully saturated rings. The Labute approximate surface area is 427 Å². The summed E-state index contributed by atoms with van der Waals surface area (Å²) >= 11 is -5.86. The molecule has 2 atom stereocenters. The summed E-state index contributed by atoms with van der Waals surface area (Å²) in [5.41, 5.74) is 23.5. The van der Waals surface area contributed by atoms with Crippen LogP contribution in [0.3, 0.4) is 0 Å². The Bertz CT molecular complexity index is 3200. The molecule has 11 rings (SSSR count). The van der Waals surface area contributed by atoms with Crippen molar-refractivity contribution in [3.63, 3.8) is 0 Å². The predicted molar refractivity (Wildman–Crippen MR) is 305 cm³/mol. The molecule has 0 saturated heterocycles. The van der Waals surface area contributed by atoms with Gasteiger partial charge in [-0.3, -0.25) is 0 Å². The van der Waals surface area contributed by atoms with E-state index < -0.39 is 25.9 Å². The Hall–Kier alpha value is -5.08. The molecule has 8 aromatic rings. The molecular formula is C66H63Cl2SiZr. The number of fused-ring (bicyclic) bond motifs is 5. The van der Waals surface area contributed by atoms with E-state index in [2.05, 4.69) is 230 Å². The second-order valence-corrected chi connectivity index (χ2v) is 43.3. The van der Waals surface area contributed by atoms with Gasteiger partial charge in [-0.15, -0.1) is 0 Å². The molecule has 1 heterocycles. The van der Waals surface area contributed by atoms with Gasteiger partial charge in [-0.25, -0.2) is 0 Å². The van der Waals surface area contributed by atoms with Crippen molar-refractivity contribution in [2.75, 3.05) is 0 Å². The fraction of sp³-hybridized carbons (Fsp3) is 0.212. The van der Waals surface area contributed by atoms with Crippen LogP contribution in [-0.2, 0) is 16.4 Å². The summed E-state index contributed by atoms with van der Waals surface area (Å²) in [4.78, 5) is 0. The SMILES string of the molecule is CCCC1=Cc2c(ccc(-c3ccccc3)c2-c2ccccc2C(C)C)[CH]1[Zr]([Cl])([Cl])([c]1cccc2c1[SiH2]c1ccccc1-2)[CH]1C(CCC)=Cc2c1ccc(-c1ccccc1)c2-c1ccccc1C(C)C. The van der Waals surface area contributed by atoms with Gasteiger partial charge >= 0.3 is 431 Å². The van der Waals surface area contributed by atoms with Gasteiger partial charge in [0.15, 0.2) is 0 Å². The molecule has 70 heavy (non-hydrogen) atoms. The van der Waals surface area contributed by atoms with E-state index in [4.69, 9.17) is 0 Å². The third-order valence-corrected chi connectivity index (χ3v) is 38.7. The van der Waals surface area contributed by atoms with Gasteiger partial charge in [0.2, 0.25) is 0 Å². The summed E-state index contributed by atoms with van der Waals surface area (Å²) in [6.07, 6.45) is 9.01. The molecule has 0 nitrogen and oxygen atoms in total. The molecule has 0 N–H and O–H groups in total. The number of allylic oxidation sites excluding steroid dienone is 2. The molecule has 0 saturated carbocycles. The molecule has 2 aliphatic carbocycles. The van der Waals surface area contributed by atoms with Gasteiger partial charge in [-0.2, -0.15) is 0 Å². The van der Waals surface area contributed by atoms with Crippen molar-refractivity contribution in [1.82, 2.24) is 0 Å². The summed E-state index contributed by atoms with van der Waals surface area (Å²) < 4.78 is 0.975. The molecule has 0 aromatic heterocycles. The molecular weight excluding hydrogens is 983 g/mol. The summed E-state index contributed by atoms with van der Waals surface area (Å²) in [6, 6.07) is 66.2. The average Bonchev–Trinajstić information content (AvgIpc) is 4.08. The predicted octanol–water partition coefficient (Wildman–Crippen LogP) is 17.2. The number of rotatable bonds is 13. The topological polar surface area (TPSA) is 0 Å². The third kappa shape index (κ3) is 7.62. The Balaban J connectivity index is 1.26. The standard InChI is InChI=1S/2C27H27.C12H9Si.2ClH.Zr/c2*1-4-10-20-17-22-15-16-24(21-11-6-5-7-12-21)27(26(22)18-20)25-14-9-8-13-23(25)19(2)3;1-3-7-11-9(5-1)10-6-2-4-8-12(10)13-11;;;/h2*5-9,11-19H,4,10H2,1-3H3;1-7H,13H2;2*1H;/q;;;;;+2/p-2. The van der Waals surface area contributed by atoms with Crippen molar-refractivity contribution in [2.45, 2.75) is 86.3 Å². The van der Waals surface area contributed by atoms with Gasteiger partial charge in [0, 0.05) is 0 Å². The van der Waals surface area contributed by atoms with Crippen LogP contribution in [0.4, 0.5) is 0 Å². The zero-order chi connectivity index (χ0) is 48.3. The van der Waals surface area contributed by atoms with Crippen molar-refractivity contribution in [1.29, 1.82) is 0 Å². The van der Waals surface area contributed by atoms with Crippen LogP contribution in [0.1, 0.15) is 120 Å². The minimum atomic E-state index is -5.86. The van der Waals surface area contributed by atoms with Gasteiger partial charge in [0.05, 0.1) is 0 Å². The van der Waals surface area contributed by atoms with Crippen LogP contribution in [0.5, 0.6) is 0 Å². The first-order valence-electron chi connectivity index (χ1n) is 25.8. The van der Waals surface area contributed by atoms with E-state index in [1.165, 1.54) is 114 Å². The number of hydrogen-bond donors (Lipinski definition) is 0. The van der Waals surface area contributed by atoms with E-state index >= 15 is 0 Å². The van der Waals surface area contributed by atoms with E-state index in [1.54, 1.807) is 0 Å². The van der Waals surface area contributed by atoms with Crippen LogP contribution in [0.15, 0.2) is 187 Å². The summed E-state index contributed by atoms with van der Waals surface area (Å²) in [7, 11) is 18.4. The summed E-state index contributed by atoms with van der Waals surface area (Å²) in [6.45, 7) is 14.0. The Morgan fingerprint density at radius 2 is 0.871 bits per heavy atom. The van der Waals surface area contributed by atoms with Crippen molar-refractivity contribution in [3.8, 4) is 55.6 Å². The molecule has 4 heteroatoms. The zero-order valence-corrected chi connectivity index (χ0v) is 46.9. The molecule has 0 spiro atoms. The van der Waals surface area contributed by atoms with Crippen LogP contribution in [0.25, 0.3) is 67.8 Å². The molecule has 0 amide bonds. The fourth-order valence-corrected chi connectivity index (χ4v) is 41.1. The minimum absolute atomic E-state index is 0.157. The molecule has 8 aromatic carbocycles. The third-order valence-electron chi connectivity index (χ3n) is 16.0. The maximum absolute atomic E-state index is 9.67. The van der Waals surface area contributed by atoms with Gasteiger partial charge in [-0.1, -0.05) is 0 Å². The monoisotopic (exact) mass is 1040 g/mol. The molecule has 0 bridgehead atoms. The summed E-state index contributed by atoms with van der Waals surface area (Å²) in [5.74, 6) is 0.673. The van der Waals surface area contributed by atoms with Crippen LogP contribution < -0.4 is 13.6 Å². The van der Waals surface area contributed by atoms with Crippen LogP contribution >= 0.6 is 17.0 Å². The van der Waals surface area contributed by atoms with E-state index in [1.807, 2.05) is 0 Å². The number of benzene rings is 8. The number of halogens is 2. The van der Waals surface area contributed by atoms with Crippen molar-refractivity contribution >= 4 is 52.3 Å². The van der Waals surface area contributed by atoms with Gasteiger partial charge in [0.25, 0.3) is 0 Å². The first-order chi connectivity index (χ1) is 34.0. The Kier molecular flexibility index (Phi) is 12.7. The Morgan fingerprint density at radius 1 is 0.443 bits per heavy atom. The van der Waals surface area contributed by atoms with Crippen LogP contribution in [0, 0.1) is 0 Å². The van der Waals surface area contributed by atoms with E-state index in [9.17, 15) is 17.0 Å².